The summed E-state index contributed by atoms with van der Waals surface area (Å²) >= 11 is 3.37. The molecule has 0 fully saturated rings. The molecule has 5 aromatic rings. The zero-order valence-electron chi connectivity index (χ0n) is 20.5. The number of nitrogens with zero attached hydrogens (tertiary/aromatic N) is 3. The highest BCUT2D eigenvalue weighted by Gasteiger charge is 2.20. The molecule has 1 heterocycles. The standard InChI is InChI=1S/C30H21BrN4O4/c31-25-15-21(16-28(35(37)38)29(25)39-19-20-9-3-1-4-10-20)18-32-34-30(36)24-17-27(22-11-5-2-6-12-22)33-26-14-8-7-13-23(24)26/h1-18H,19H2,(H,34,36)/b32-18-. The maximum atomic E-state index is 13.2. The topological polar surface area (TPSA) is 107 Å². The summed E-state index contributed by atoms with van der Waals surface area (Å²) in [6.07, 6.45) is 1.35. The number of para-hydroxylation sites is 1. The van der Waals surface area contributed by atoms with Gasteiger partial charge in [0.15, 0.2) is 0 Å². The molecule has 0 aliphatic rings. The lowest BCUT2D eigenvalue weighted by Gasteiger charge is -2.10. The molecule has 0 atom stereocenters. The van der Waals surface area contributed by atoms with Gasteiger partial charge in [-0.05, 0) is 39.7 Å². The Morgan fingerprint density at radius 2 is 1.67 bits per heavy atom. The van der Waals surface area contributed by atoms with Crippen molar-refractivity contribution in [2.75, 3.05) is 0 Å². The quantitative estimate of drug-likeness (QED) is 0.122. The third-order valence-electron chi connectivity index (χ3n) is 5.88. The Hall–Kier alpha value is -4.89. The Labute approximate surface area is 232 Å². The van der Waals surface area contributed by atoms with Crippen LogP contribution in [-0.4, -0.2) is 22.0 Å². The summed E-state index contributed by atoms with van der Waals surface area (Å²) in [6, 6.07) is 31.0. The minimum Gasteiger partial charge on any atom is -0.481 e. The van der Waals surface area contributed by atoms with E-state index >= 15 is 0 Å². The molecule has 0 saturated heterocycles. The maximum absolute atomic E-state index is 13.2. The minimum atomic E-state index is -0.519. The van der Waals surface area contributed by atoms with Gasteiger partial charge in [-0.3, -0.25) is 14.9 Å². The number of ether oxygens (including phenoxy) is 1. The van der Waals surface area contributed by atoms with Crippen LogP contribution in [0.1, 0.15) is 21.5 Å². The number of rotatable bonds is 8. The first-order valence-corrected chi connectivity index (χ1v) is 12.7. The van der Waals surface area contributed by atoms with E-state index < -0.39 is 10.8 Å². The number of nitro groups is 1. The van der Waals surface area contributed by atoms with Gasteiger partial charge in [0.1, 0.15) is 6.61 Å². The summed E-state index contributed by atoms with van der Waals surface area (Å²) < 4.78 is 6.15. The first-order chi connectivity index (χ1) is 19.0. The predicted octanol–water partition coefficient (Wildman–Crippen LogP) is 6.92. The molecule has 0 aliphatic heterocycles. The van der Waals surface area contributed by atoms with Crippen molar-refractivity contribution in [3.05, 3.63) is 134 Å². The SMILES string of the molecule is O=C(N/N=C\c1cc(Br)c(OCc2ccccc2)c([N+](=O)[O-])c1)c1cc(-c2ccccc2)nc2ccccc12. The Bertz CT molecular complexity index is 1690. The zero-order chi connectivity index (χ0) is 27.2. The lowest BCUT2D eigenvalue weighted by Crippen LogP contribution is -2.18. The van der Waals surface area contributed by atoms with Crippen LogP contribution in [0, 0.1) is 10.1 Å². The van der Waals surface area contributed by atoms with E-state index in [0.717, 1.165) is 11.1 Å². The lowest BCUT2D eigenvalue weighted by molar-refractivity contribution is -0.386. The molecule has 0 saturated carbocycles. The summed E-state index contributed by atoms with van der Waals surface area (Å²) in [6.45, 7) is 0.175. The molecule has 8 nitrogen and oxygen atoms in total. The molecule has 0 bridgehead atoms. The zero-order valence-corrected chi connectivity index (χ0v) is 22.0. The fourth-order valence-corrected chi connectivity index (χ4v) is 4.61. The number of halogens is 1. The molecule has 0 radical (unpaired) electrons. The third-order valence-corrected chi connectivity index (χ3v) is 6.47. The molecular formula is C30H21BrN4O4. The number of hydrogen-bond donors (Lipinski definition) is 1. The lowest BCUT2D eigenvalue weighted by atomic mass is 10.0. The van der Waals surface area contributed by atoms with Crippen molar-refractivity contribution in [1.29, 1.82) is 0 Å². The van der Waals surface area contributed by atoms with Crippen LogP contribution in [-0.2, 0) is 6.61 Å². The summed E-state index contributed by atoms with van der Waals surface area (Å²) in [4.78, 5) is 29.1. The van der Waals surface area contributed by atoms with Gasteiger partial charge in [0, 0.05) is 22.6 Å². The molecule has 1 aromatic heterocycles. The van der Waals surface area contributed by atoms with E-state index in [1.54, 1.807) is 12.1 Å². The highest BCUT2D eigenvalue weighted by atomic mass is 79.9. The van der Waals surface area contributed by atoms with Crippen LogP contribution in [0.4, 0.5) is 5.69 Å². The van der Waals surface area contributed by atoms with Crippen molar-refractivity contribution in [2.24, 2.45) is 5.10 Å². The molecule has 0 spiro atoms. The smallest absolute Gasteiger partial charge is 0.312 e. The van der Waals surface area contributed by atoms with Gasteiger partial charge in [-0.25, -0.2) is 10.4 Å². The first kappa shape index (κ1) is 25.7. The molecule has 5 rings (SSSR count). The second-order valence-electron chi connectivity index (χ2n) is 8.52. The predicted molar refractivity (Wildman–Crippen MR) is 154 cm³/mol. The molecule has 0 aliphatic carbocycles. The number of carbonyl (C=O) groups is 1. The summed E-state index contributed by atoms with van der Waals surface area (Å²) in [5.74, 6) is -0.319. The van der Waals surface area contributed by atoms with Gasteiger partial charge in [-0.15, -0.1) is 0 Å². The van der Waals surface area contributed by atoms with Crippen molar-refractivity contribution < 1.29 is 14.5 Å². The molecule has 1 amide bonds. The normalized spacial score (nSPS) is 11.0. The van der Waals surface area contributed by atoms with E-state index in [0.29, 0.717) is 32.2 Å². The van der Waals surface area contributed by atoms with Crippen molar-refractivity contribution in [1.82, 2.24) is 10.4 Å². The number of hydrazone groups is 1. The number of nitrogens with one attached hydrogen (secondary N) is 1. The third kappa shape index (κ3) is 6.00. The average molecular weight is 581 g/mol. The van der Waals surface area contributed by atoms with Crippen LogP contribution >= 0.6 is 15.9 Å². The summed E-state index contributed by atoms with van der Waals surface area (Å²) in [5, 5.41) is 16.5. The maximum Gasteiger partial charge on any atom is 0.312 e. The Morgan fingerprint density at radius 3 is 2.41 bits per heavy atom. The molecule has 39 heavy (non-hydrogen) atoms. The molecule has 4 aromatic carbocycles. The molecule has 9 heteroatoms. The van der Waals surface area contributed by atoms with Gasteiger partial charge in [0.25, 0.3) is 5.91 Å². The van der Waals surface area contributed by atoms with E-state index in [1.165, 1.54) is 12.3 Å². The molecular weight excluding hydrogens is 560 g/mol. The van der Waals surface area contributed by atoms with Gasteiger partial charge in [0.2, 0.25) is 5.75 Å². The number of carbonyl (C=O) groups excluding carboxylic acids is 1. The summed E-state index contributed by atoms with van der Waals surface area (Å²) in [7, 11) is 0. The fourth-order valence-electron chi connectivity index (χ4n) is 4.03. The monoisotopic (exact) mass is 580 g/mol. The van der Waals surface area contributed by atoms with E-state index in [1.807, 2.05) is 84.9 Å². The van der Waals surface area contributed by atoms with Crippen LogP contribution in [0.25, 0.3) is 22.2 Å². The van der Waals surface area contributed by atoms with Gasteiger partial charge in [-0.2, -0.15) is 5.10 Å². The Kier molecular flexibility index (Phi) is 7.70. The van der Waals surface area contributed by atoms with Crippen molar-refractivity contribution in [3.63, 3.8) is 0 Å². The van der Waals surface area contributed by atoms with Gasteiger partial charge in [-0.1, -0.05) is 78.9 Å². The van der Waals surface area contributed by atoms with Crippen LogP contribution < -0.4 is 10.2 Å². The highest BCUT2D eigenvalue weighted by Crippen LogP contribution is 2.36. The van der Waals surface area contributed by atoms with E-state index in [2.05, 4.69) is 26.5 Å². The number of pyridine rings is 1. The average Bonchev–Trinajstić information content (AvgIpc) is 2.96. The van der Waals surface area contributed by atoms with Crippen molar-refractivity contribution in [3.8, 4) is 17.0 Å². The van der Waals surface area contributed by atoms with Crippen molar-refractivity contribution in [2.45, 2.75) is 6.61 Å². The van der Waals surface area contributed by atoms with E-state index in [9.17, 15) is 14.9 Å². The fraction of sp³-hybridized carbons (Fsp3) is 0.0333. The summed E-state index contributed by atoms with van der Waals surface area (Å²) in [5.41, 5.74) is 6.23. The van der Waals surface area contributed by atoms with Gasteiger partial charge >= 0.3 is 5.69 Å². The number of hydrogen-bond acceptors (Lipinski definition) is 6. The van der Waals surface area contributed by atoms with Crippen LogP contribution in [0.3, 0.4) is 0 Å². The Balaban J connectivity index is 1.38. The molecule has 192 valence electrons. The number of fused-ring (bicyclic) bond motifs is 1. The number of benzene rings is 4. The van der Waals surface area contributed by atoms with Crippen molar-refractivity contribution >= 4 is 44.6 Å². The minimum absolute atomic E-state index is 0.113. The first-order valence-electron chi connectivity index (χ1n) is 11.9. The van der Waals surface area contributed by atoms with Crippen LogP contribution in [0.15, 0.2) is 113 Å². The van der Waals surface area contributed by atoms with E-state index in [-0.39, 0.29) is 18.0 Å². The van der Waals surface area contributed by atoms with Crippen LogP contribution in [0.5, 0.6) is 5.75 Å². The highest BCUT2D eigenvalue weighted by molar-refractivity contribution is 9.10. The number of nitro benzene ring substituents is 1. The van der Waals surface area contributed by atoms with E-state index in [4.69, 9.17) is 9.72 Å². The van der Waals surface area contributed by atoms with Crippen LogP contribution in [0.2, 0.25) is 0 Å². The molecule has 1 N–H and O–H groups in total. The second-order valence-corrected chi connectivity index (χ2v) is 9.37. The van der Waals surface area contributed by atoms with Gasteiger partial charge < -0.3 is 4.74 Å². The largest absolute Gasteiger partial charge is 0.481 e. The number of amides is 1. The van der Waals surface area contributed by atoms with Gasteiger partial charge in [0.05, 0.1) is 32.4 Å². The second kappa shape index (κ2) is 11.7. The number of aromatic nitrogens is 1. The molecule has 0 unspecified atom stereocenters. The Morgan fingerprint density at radius 1 is 0.974 bits per heavy atom.